The van der Waals surface area contributed by atoms with E-state index in [1.807, 2.05) is 13.8 Å². The lowest BCUT2D eigenvalue weighted by Gasteiger charge is -2.26. The summed E-state index contributed by atoms with van der Waals surface area (Å²) in [5.41, 5.74) is 4.86. The highest BCUT2D eigenvalue weighted by Gasteiger charge is 2.42. The number of rotatable bonds is 8. The van der Waals surface area contributed by atoms with Crippen molar-refractivity contribution in [1.82, 2.24) is 5.32 Å². The Morgan fingerprint density at radius 2 is 2.00 bits per heavy atom. The summed E-state index contributed by atoms with van der Waals surface area (Å²) >= 11 is 0. The lowest BCUT2D eigenvalue weighted by molar-refractivity contribution is -0.155. The van der Waals surface area contributed by atoms with E-state index in [0.717, 1.165) is 6.42 Å². The number of amidine groups is 1. The number of nitrogens with one attached hydrogen (secondary N) is 1. The van der Waals surface area contributed by atoms with Gasteiger partial charge in [0.15, 0.2) is 5.84 Å². The molecule has 0 fully saturated rings. The summed E-state index contributed by atoms with van der Waals surface area (Å²) < 4.78 is 42.9. The van der Waals surface area contributed by atoms with Gasteiger partial charge >= 0.3 is 6.18 Å². The third-order valence-corrected chi connectivity index (χ3v) is 2.80. The summed E-state index contributed by atoms with van der Waals surface area (Å²) in [5.74, 6) is -2.83. The maximum Gasteiger partial charge on any atom is 0.400 e. The van der Waals surface area contributed by atoms with Crippen LogP contribution >= 0.6 is 0 Å². The van der Waals surface area contributed by atoms with Crippen LogP contribution in [0.4, 0.5) is 13.2 Å². The minimum atomic E-state index is -4.54. The van der Waals surface area contributed by atoms with E-state index in [2.05, 4.69) is 10.5 Å². The summed E-state index contributed by atoms with van der Waals surface area (Å²) in [5, 5.41) is 13.5. The Morgan fingerprint density at radius 3 is 2.42 bits per heavy atom. The molecule has 114 valence electrons. The van der Waals surface area contributed by atoms with Crippen molar-refractivity contribution in [1.29, 1.82) is 0 Å². The predicted octanol–water partition coefficient (Wildman–Crippen LogP) is 1.56. The van der Waals surface area contributed by atoms with Gasteiger partial charge in [-0.3, -0.25) is 0 Å². The van der Waals surface area contributed by atoms with Crippen molar-refractivity contribution in [3.8, 4) is 0 Å². The zero-order valence-corrected chi connectivity index (χ0v) is 11.4. The molecule has 0 rings (SSSR count). The third kappa shape index (κ3) is 7.22. The first-order valence-electron chi connectivity index (χ1n) is 5.88. The van der Waals surface area contributed by atoms with Crippen LogP contribution in [0.15, 0.2) is 5.16 Å². The standard InChI is InChI=1S/C11H22F3N3O2/c1-10(2,4-5-19-3)7-16-6-8(9(15)17-18)11(12,13)14/h8,16,18H,4-7H2,1-3H3,(H2,15,17). The van der Waals surface area contributed by atoms with Crippen LogP contribution in [0.5, 0.6) is 0 Å². The maximum absolute atomic E-state index is 12.6. The van der Waals surface area contributed by atoms with Crippen LogP contribution in [-0.2, 0) is 4.74 Å². The van der Waals surface area contributed by atoms with E-state index in [-0.39, 0.29) is 5.41 Å². The molecule has 0 aromatic rings. The topological polar surface area (TPSA) is 79.9 Å². The molecule has 0 radical (unpaired) electrons. The second-order valence-electron chi connectivity index (χ2n) is 5.16. The van der Waals surface area contributed by atoms with Crippen LogP contribution in [0.1, 0.15) is 20.3 Å². The van der Waals surface area contributed by atoms with E-state index in [9.17, 15) is 13.2 Å². The molecule has 0 aliphatic carbocycles. The molecule has 8 heteroatoms. The molecule has 0 saturated heterocycles. The van der Waals surface area contributed by atoms with Gasteiger partial charge in [-0.25, -0.2) is 0 Å². The highest BCUT2D eigenvalue weighted by atomic mass is 19.4. The number of oxime groups is 1. The zero-order chi connectivity index (χ0) is 15.1. The van der Waals surface area contributed by atoms with E-state index in [1.54, 1.807) is 7.11 Å². The lowest BCUT2D eigenvalue weighted by Crippen LogP contribution is -2.44. The van der Waals surface area contributed by atoms with Gasteiger partial charge in [-0.15, -0.1) is 0 Å². The summed E-state index contributed by atoms with van der Waals surface area (Å²) in [6, 6.07) is 0. The molecule has 19 heavy (non-hydrogen) atoms. The number of methoxy groups -OCH3 is 1. The van der Waals surface area contributed by atoms with Crippen molar-refractivity contribution in [2.75, 3.05) is 26.8 Å². The molecular formula is C11H22F3N3O2. The first kappa shape index (κ1) is 18.0. The largest absolute Gasteiger partial charge is 0.409 e. The molecule has 0 aromatic heterocycles. The Hall–Kier alpha value is -1.02. The van der Waals surface area contributed by atoms with Crippen molar-refractivity contribution < 1.29 is 23.1 Å². The van der Waals surface area contributed by atoms with Crippen molar-refractivity contribution >= 4 is 5.84 Å². The molecule has 0 saturated carbocycles. The number of alkyl halides is 3. The second-order valence-corrected chi connectivity index (χ2v) is 5.16. The monoisotopic (exact) mass is 285 g/mol. The van der Waals surface area contributed by atoms with Crippen molar-refractivity contribution in [2.24, 2.45) is 22.2 Å². The lowest BCUT2D eigenvalue weighted by atomic mass is 9.89. The Bertz CT molecular complexity index is 293. The van der Waals surface area contributed by atoms with Crippen molar-refractivity contribution in [3.05, 3.63) is 0 Å². The van der Waals surface area contributed by atoms with Gasteiger partial charge in [-0.05, 0) is 11.8 Å². The van der Waals surface area contributed by atoms with Gasteiger partial charge < -0.3 is 21.0 Å². The number of halogens is 3. The number of hydrogen-bond acceptors (Lipinski definition) is 4. The highest BCUT2D eigenvalue weighted by molar-refractivity contribution is 5.83. The predicted molar refractivity (Wildman–Crippen MR) is 66.1 cm³/mol. The van der Waals surface area contributed by atoms with E-state index in [4.69, 9.17) is 15.7 Å². The number of hydrogen-bond donors (Lipinski definition) is 3. The molecule has 0 aliphatic heterocycles. The van der Waals surface area contributed by atoms with Crippen molar-refractivity contribution in [2.45, 2.75) is 26.4 Å². The average molecular weight is 285 g/mol. The molecule has 5 nitrogen and oxygen atoms in total. The van der Waals surface area contributed by atoms with E-state index < -0.39 is 24.5 Å². The van der Waals surface area contributed by atoms with Crippen molar-refractivity contribution in [3.63, 3.8) is 0 Å². The third-order valence-electron chi connectivity index (χ3n) is 2.80. The molecule has 1 unspecified atom stereocenters. The summed E-state index contributed by atoms with van der Waals surface area (Å²) in [6.07, 6.45) is -3.82. The summed E-state index contributed by atoms with van der Waals surface area (Å²) in [7, 11) is 1.57. The molecule has 0 aromatic carbocycles. The fourth-order valence-electron chi connectivity index (χ4n) is 1.48. The first-order valence-corrected chi connectivity index (χ1v) is 5.88. The second kappa shape index (κ2) is 7.54. The summed E-state index contributed by atoms with van der Waals surface area (Å²) in [6.45, 7) is 4.34. The normalized spacial score (nSPS) is 15.6. The molecule has 1 atom stereocenters. The Kier molecular flexibility index (Phi) is 7.14. The average Bonchev–Trinajstić information content (AvgIpc) is 2.29. The minimum absolute atomic E-state index is 0.197. The SMILES string of the molecule is COCCC(C)(C)CNCC(C(N)=NO)C(F)(F)F. The summed E-state index contributed by atoms with van der Waals surface area (Å²) in [4.78, 5) is 0. The van der Waals surface area contributed by atoms with Gasteiger partial charge in [0.05, 0.1) is 0 Å². The molecule has 4 N–H and O–H groups in total. The molecule has 0 heterocycles. The first-order chi connectivity index (χ1) is 8.64. The number of nitrogens with two attached hydrogens (primary N) is 1. The molecular weight excluding hydrogens is 263 g/mol. The van der Waals surface area contributed by atoms with Crippen LogP contribution < -0.4 is 11.1 Å². The van der Waals surface area contributed by atoms with E-state index >= 15 is 0 Å². The molecule has 0 spiro atoms. The Balaban J connectivity index is 4.35. The van der Waals surface area contributed by atoms with Gasteiger partial charge in [0.25, 0.3) is 0 Å². The van der Waals surface area contributed by atoms with Gasteiger partial charge in [-0.2, -0.15) is 13.2 Å². The molecule has 0 bridgehead atoms. The smallest absolute Gasteiger partial charge is 0.400 e. The van der Waals surface area contributed by atoms with E-state index in [1.165, 1.54) is 0 Å². The quantitative estimate of drug-likeness (QED) is 0.274. The van der Waals surface area contributed by atoms with Crippen LogP contribution in [0.2, 0.25) is 0 Å². The fraction of sp³-hybridized carbons (Fsp3) is 0.909. The minimum Gasteiger partial charge on any atom is -0.409 e. The Labute approximate surface area is 111 Å². The van der Waals surface area contributed by atoms with Crippen LogP contribution in [0.25, 0.3) is 0 Å². The van der Waals surface area contributed by atoms with Gasteiger partial charge in [0.1, 0.15) is 5.92 Å². The maximum atomic E-state index is 12.6. The Morgan fingerprint density at radius 1 is 1.42 bits per heavy atom. The van der Waals surface area contributed by atoms with Crippen LogP contribution in [0.3, 0.4) is 0 Å². The van der Waals surface area contributed by atoms with Crippen LogP contribution in [0, 0.1) is 11.3 Å². The van der Waals surface area contributed by atoms with Gasteiger partial charge in [0.2, 0.25) is 0 Å². The molecule has 0 aliphatic rings. The highest BCUT2D eigenvalue weighted by Crippen LogP contribution is 2.26. The fourth-order valence-corrected chi connectivity index (χ4v) is 1.48. The zero-order valence-electron chi connectivity index (χ0n) is 11.4. The van der Waals surface area contributed by atoms with E-state index in [0.29, 0.717) is 13.2 Å². The van der Waals surface area contributed by atoms with Crippen LogP contribution in [-0.4, -0.2) is 44.0 Å². The number of nitrogens with zero attached hydrogens (tertiary/aromatic N) is 1. The van der Waals surface area contributed by atoms with Gasteiger partial charge in [0, 0.05) is 26.8 Å². The van der Waals surface area contributed by atoms with Gasteiger partial charge in [-0.1, -0.05) is 19.0 Å². The number of ether oxygens (including phenoxy) is 1. The molecule has 0 amide bonds.